The molecule has 1 amide bonds. The maximum absolute atomic E-state index is 12.4. The van der Waals surface area contributed by atoms with E-state index < -0.39 is 0 Å². The summed E-state index contributed by atoms with van der Waals surface area (Å²) in [7, 11) is 0. The first-order valence-electron chi connectivity index (χ1n) is 6.62. The van der Waals surface area contributed by atoms with Crippen LogP contribution in [0, 0.1) is 11.3 Å². The number of rotatable bonds is 3. The molecule has 1 fully saturated rings. The average molecular weight is 299 g/mol. The normalized spacial score (nSPS) is 17.5. The van der Waals surface area contributed by atoms with Gasteiger partial charge in [0.2, 0.25) is 0 Å². The van der Waals surface area contributed by atoms with Gasteiger partial charge in [0.05, 0.1) is 18.2 Å². The quantitative estimate of drug-likeness (QED) is 0.872. The van der Waals surface area contributed by atoms with Crippen LogP contribution in [0.2, 0.25) is 0 Å². The van der Waals surface area contributed by atoms with E-state index in [0.29, 0.717) is 29.4 Å². The van der Waals surface area contributed by atoms with E-state index in [1.165, 1.54) is 11.3 Å². The number of thiazole rings is 1. The molecule has 1 aromatic carbocycles. The van der Waals surface area contributed by atoms with Crippen molar-refractivity contribution in [3.8, 4) is 11.3 Å². The van der Waals surface area contributed by atoms with Crippen LogP contribution in [0.4, 0.5) is 0 Å². The van der Waals surface area contributed by atoms with Gasteiger partial charge in [-0.2, -0.15) is 5.26 Å². The highest BCUT2D eigenvalue weighted by molar-refractivity contribution is 7.11. The van der Waals surface area contributed by atoms with Crippen LogP contribution in [0.25, 0.3) is 0 Å². The molecule has 0 saturated carbocycles. The number of likely N-dealkylation sites (tertiary alicyclic amines) is 1. The Morgan fingerprint density at radius 1 is 1.52 bits per heavy atom. The maximum Gasteiger partial charge on any atom is 0.273 e. The molecule has 3 rings (SSSR count). The molecule has 1 saturated heterocycles. The second kappa shape index (κ2) is 5.94. The van der Waals surface area contributed by atoms with Crippen molar-refractivity contribution in [2.75, 3.05) is 13.1 Å². The summed E-state index contributed by atoms with van der Waals surface area (Å²) >= 11 is 1.45. The SMILES string of the molecule is N#Cc1cccc(C(=O)N2CCC(Oc3nccs3)C2)c1. The number of hydrogen-bond donors (Lipinski definition) is 0. The Balaban J connectivity index is 1.65. The van der Waals surface area contributed by atoms with Crippen molar-refractivity contribution in [1.82, 2.24) is 9.88 Å². The molecule has 106 valence electrons. The summed E-state index contributed by atoms with van der Waals surface area (Å²) in [5.74, 6) is -0.0580. The molecule has 5 nitrogen and oxygen atoms in total. The van der Waals surface area contributed by atoms with Gasteiger partial charge in [0.1, 0.15) is 6.10 Å². The Bertz CT molecular complexity index is 678. The van der Waals surface area contributed by atoms with Gasteiger partial charge in [-0.3, -0.25) is 4.79 Å². The van der Waals surface area contributed by atoms with Crippen molar-refractivity contribution in [2.45, 2.75) is 12.5 Å². The largest absolute Gasteiger partial charge is 0.465 e. The lowest BCUT2D eigenvalue weighted by Gasteiger charge is -2.16. The number of hydrogen-bond acceptors (Lipinski definition) is 5. The van der Waals surface area contributed by atoms with Gasteiger partial charge in [-0.1, -0.05) is 17.4 Å². The molecule has 1 unspecified atom stereocenters. The van der Waals surface area contributed by atoms with Gasteiger partial charge in [0.15, 0.2) is 0 Å². The fraction of sp³-hybridized carbons (Fsp3) is 0.267. The number of aromatic nitrogens is 1. The molecular weight excluding hydrogens is 286 g/mol. The minimum absolute atomic E-state index is 0.0146. The summed E-state index contributed by atoms with van der Waals surface area (Å²) in [6, 6.07) is 8.82. The second-order valence-corrected chi connectivity index (χ2v) is 5.63. The molecule has 0 bridgehead atoms. The van der Waals surface area contributed by atoms with E-state index in [1.54, 1.807) is 35.4 Å². The summed E-state index contributed by atoms with van der Waals surface area (Å²) in [5, 5.41) is 11.4. The minimum atomic E-state index is -0.0580. The van der Waals surface area contributed by atoms with Gasteiger partial charge in [-0.25, -0.2) is 4.98 Å². The van der Waals surface area contributed by atoms with Gasteiger partial charge >= 0.3 is 0 Å². The van der Waals surface area contributed by atoms with E-state index in [1.807, 2.05) is 11.4 Å². The van der Waals surface area contributed by atoms with Crippen molar-refractivity contribution in [1.29, 1.82) is 5.26 Å². The number of amides is 1. The highest BCUT2D eigenvalue weighted by atomic mass is 32.1. The van der Waals surface area contributed by atoms with Gasteiger partial charge in [0.25, 0.3) is 11.1 Å². The molecule has 0 N–H and O–H groups in total. The van der Waals surface area contributed by atoms with Crippen molar-refractivity contribution >= 4 is 17.2 Å². The van der Waals surface area contributed by atoms with E-state index in [0.717, 1.165) is 6.42 Å². The molecule has 2 heterocycles. The van der Waals surface area contributed by atoms with Crippen LogP contribution in [-0.2, 0) is 0 Å². The number of carbonyl (C=O) groups excluding carboxylic acids is 1. The average Bonchev–Trinajstić information content (AvgIpc) is 3.19. The third kappa shape index (κ3) is 3.03. The van der Waals surface area contributed by atoms with Gasteiger partial charge in [-0.15, -0.1) is 0 Å². The highest BCUT2D eigenvalue weighted by Gasteiger charge is 2.28. The van der Waals surface area contributed by atoms with E-state index in [2.05, 4.69) is 4.98 Å². The number of nitriles is 1. The molecular formula is C15H13N3O2S. The van der Waals surface area contributed by atoms with Crippen molar-refractivity contribution in [3.63, 3.8) is 0 Å². The molecule has 21 heavy (non-hydrogen) atoms. The zero-order valence-electron chi connectivity index (χ0n) is 11.2. The molecule has 0 radical (unpaired) electrons. The number of benzene rings is 1. The molecule has 0 aliphatic carbocycles. The lowest BCUT2D eigenvalue weighted by atomic mass is 10.1. The first-order valence-corrected chi connectivity index (χ1v) is 7.50. The molecule has 1 aromatic heterocycles. The topological polar surface area (TPSA) is 66.2 Å². The molecule has 6 heteroatoms. The maximum atomic E-state index is 12.4. The van der Waals surface area contributed by atoms with Crippen molar-refractivity contribution in [3.05, 3.63) is 47.0 Å². The molecule has 1 atom stereocenters. The molecule has 2 aromatic rings. The summed E-state index contributed by atoms with van der Waals surface area (Å²) in [6.07, 6.45) is 2.48. The third-order valence-corrected chi connectivity index (χ3v) is 4.01. The zero-order valence-corrected chi connectivity index (χ0v) is 12.0. The van der Waals surface area contributed by atoms with Crippen LogP contribution in [0.15, 0.2) is 35.8 Å². The summed E-state index contributed by atoms with van der Waals surface area (Å²) in [4.78, 5) is 18.3. The van der Waals surface area contributed by atoms with E-state index in [9.17, 15) is 4.79 Å². The van der Waals surface area contributed by atoms with E-state index in [4.69, 9.17) is 10.00 Å². The molecule has 1 aliphatic heterocycles. The summed E-state index contributed by atoms with van der Waals surface area (Å²) in [5.41, 5.74) is 1.04. The predicted molar refractivity (Wildman–Crippen MR) is 78.2 cm³/mol. The predicted octanol–water partition coefficient (Wildman–Crippen LogP) is 2.31. The fourth-order valence-electron chi connectivity index (χ4n) is 2.32. The van der Waals surface area contributed by atoms with E-state index in [-0.39, 0.29) is 12.0 Å². The van der Waals surface area contributed by atoms with Gasteiger partial charge in [0, 0.05) is 30.1 Å². The van der Waals surface area contributed by atoms with Crippen LogP contribution in [0.3, 0.4) is 0 Å². The summed E-state index contributed by atoms with van der Waals surface area (Å²) in [6.45, 7) is 1.21. The first kappa shape index (κ1) is 13.6. The van der Waals surface area contributed by atoms with Crippen LogP contribution in [0.1, 0.15) is 22.3 Å². The van der Waals surface area contributed by atoms with Crippen molar-refractivity contribution in [2.24, 2.45) is 0 Å². The molecule has 1 aliphatic rings. The van der Waals surface area contributed by atoms with Crippen LogP contribution in [0.5, 0.6) is 5.19 Å². The minimum Gasteiger partial charge on any atom is -0.465 e. The Kier molecular flexibility index (Phi) is 3.84. The Labute approximate surface area is 126 Å². The Morgan fingerprint density at radius 3 is 3.19 bits per heavy atom. The number of ether oxygens (including phenoxy) is 1. The second-order valence-electron chi connectivity index (χ2n) is 4.77. The third-order valence-electron chi connectivity index (χ3n) is 3.35. The van der Waals surface area contributed by atoms with Crippen LogP contribution >= 0.6 is 11.3 Å². The van der Waals surface area contributed by atoms with Crippen molar-refractivity contribution < 1.29 is 9.53 Å². The first-order chi connectivity index (χ1) is 10.3. The van der Waals surface area contributed by atoms with Gasteiger partial charge < -0.3 is 9.64 Å². The fourth-order valence-corrected chi connectivity index (χ4v) is 2.88. The lowest BCUT2D eigenvalue weighted by Crippen LogP contribution is -2.30. The number of carbonyl (C=O) groups is 1. The highest BCUT2D eigenvalue weighted by Crippen LogP contribution is 2.21. The van der Waals surface area contributed by atoms with Gasteiger partial charge in [-0.05, 0) is 18.2 Å². The lowest BCUT2D eigenvalue weighted by molar-refractivity contribution is 0.0772. The summed E-state index contributed by atoms with van der Waals surface area (Å²) < 4.78 is 5.74. The Hall–Kier alpha value is -2.39. The number of nitrogens with zero attached hydrogens (tertiary/aromatic N) is 3. The zero-order chi connectivity index (χ0) is 14.7. The van der Waals surface area contributed by atoms with E-state index >= 15 is 0 Å². The molecule has 0 spiro atoms. The van der Waals surface area contributed by atoms with Crippen LogP contribution < -0.4 is 4.74 Å². The standard InChI is InChI=1S/C15H13N3O2S/c16-9-11-2-1-3-12(8-11)14(19)18-6-4-13(10-18)20-15-17-5-7-21-15/h1-3,5,7-8,13H,4,6,10H2. The Morgan fingerprint density at radius 2 is 2.43 bits per heavy atom. The van der Waals surface area contributed by atoms with Crippen LogP contribution in [-0.4, -0.2) is 35.0 Å². The smallest absolute Gasteiger partial charge is 0.273 e. The monoisotopic (exact) mass is 299 g/mol.